The number of primary amides is 1. The number of amides is 2. The van der Waals surface area contributed by atoms with E-state index in [9.17, 15) is 18.0 Å². The molecule has 0 unspecified atom stereocenters. The van der Waals surface area contributed by atoms with Gasteiger partial charge >= 0.3 is 0 Å². The molecule has 1 saturated heterocycles. The number of methoxy groups -OCH3 is 1. The van der Waals surface area contributed by atoms with Gasteiger partial charge in [-0.1, -0.05) is 6.07 Å². The van der Waals surface area contributed by atoms with Crippen molar-refractivity contribution in [3.63, 3.8) is 0 Å². The van der Waals surface area contributed by atoms with Crippen LogP contribution in [0.5, 0.6) is 5.75 Å². The molecule has 0 aliphatic carbocycles. The number of ether oxygens (including phenoxy) is 1. The number of rotatable bonds is 6. The van der Waals surface area contributed by atoms with E-state index in [1.807, 2.05) is 0 Å². The van der Waals surface area contributed by atoms with E-state index in [0.29, 0.717) is 30.8 Å². The Balaban J connectivity index is 1.71. The van der Waals surface area contributed by atoms with Gasteiger partial charge in [0.15, 0.2) is 0 Å². The van der Waals surface area contributed by atoms with Crippen LogP contribution in [0.4, 0.5) is 5.69 Å². The Labute approximate surface area is 169 Å². The first-order chi connectivity index (χ1) is 13.8. The van der Waals surface area contributed by atoms with E-state index in [0.717, 1.165) is 0 Å². The smallest absolute Gasteiger partial charge is 0.248 e. The van der Waals surface area contributed by atoms with E-state index >= 15 is 0 Å². The minimum absolute atomic E-state index is 0.0930. The van der Waals surface area contributed by atoms with Crippen LogP contribution >= 0.6 is 0 Å². The van der Waals surface area contributed by atoms with Gasteiger partial charge in [-0.05, 0) is 55.3 Å². The maximum absolute atomic E-state index is 12.9. The molecule has 0 radical (unpaired) electrons. The number of benzene rings is 2. The minimum atomic E-state index is -3.71. The lowest BCUT2D eigenvalue weighted by atomic mass is 9.98. The molecule has 2 amide bonds. The number of carbonyl (C=O) groups is 2. The number of hydrogen-bond acceptors (Lipinski definition) is 5. The van der Waals surface area contributed by atoms with Crippen molar-refractivity contribution in [3.05, 3.63) is 54.1 Å². The third-order valence-corrected chi connectivity index (χ3v) is 6.75. The Kier molecular flexibility index (Phi) is 6.19. The zero-order valence-electron chi connectivity index (χ0n) is 16.0. The van der Waals surface area contributed by atoms with Crippen LogP contribution in [0, 0.1) is 5.92 Å². The van der Waals surface area contributed by atoms with Gasteiger partial charge in [0.05, 0.1) is 17.9 Å². The molecule has 3 rings (SSSR count). The molecule has 2 aromatic rings. The fraction of sp³-hybridized carbons (Fsp3) is 0.300. The molecule has 0 spiro atoms. The molecule has 9 heteroatoms. The zero-order valence-corrected chi connectivity index (χ0v) is 16.8. The molecule has 1 atom stereocenters. The van der Waals surface area contributed by atoms with Crippen LogP contribution in [0.25, 0.3) is 0 Å². The summed E-state index contributed by atoms with van der Waals surface area (Å²) in [7, 11) is -2.20. The maximum atomic E-state index is 12.9. The largest absolute Gasteiger partial charge is 0.497 e. The Morgan fingerprint density at radius 2 is 1.90 bits per heavy atom. The van der Waals surface area contributed by atoms with Gasteiger partial charge in [0.25, 0.3) is 0 Å². The summed E-state index contributed by atoms with van der Waals surface area (Å²) in [5, 5.41) is 2.75. The molecule has 8 nitrogen and oxygen atoms in total. The molecule has 154 valence electrons. The van der Waals surface area contributed by atoms with Gasteiger partial charge in [-0.25, -0.2) is 8.42 Å². The highest BCUT2D eigenvalue weighted by Gasteiger charge is 2.33. The first-order valence-corrected chi connectivity index (χ1v) is 10.6. The summed E-state index contributed by atoms with van der Waals surface area (Å²) < 4.78 is 32.3. The van der Waals surface area contributed by atoms with Crippen molar-refractivity contribution in [2.75, 3.05) is 25.5 Å². The summed E-state index contributed by atoms with van der Waals surface area (Å²) in [6.07, 6.45) is 1.16. The highest BCUT2D eigenvalue weighted by molar-refractivity contribution is 7.89. The van der Waals surface area contributed by atoms with Crippen LogP contribution in [0.1, 0.15) is 23.2 Å². The maximum Gasteiger partial charge on any atom is 0.248 e. The third-order valence-electron chi connectivity index (χ3n) is 4.87. The van der Waals surface area contributed by atoms with Crippen molar-refractivity contribution in [3.8, 4) is 5.75 Å². The number of carbonyl (C=O) groups excluding carboxylic acids is 2. The van der Waals surface area contributed by atoms with Crippen molar-refractivity contribution >= 4 is 27.5 Å². The van der Waals surface area contributed by atoms with Crippen LogP contribution in [-0.2, 0) is 14.8 Å². The van der Waals surface area contributed by atoms with Crippen molar-refractivity contribution in [2.45, 2.75) is 17.7 Å². The molecule has 1 fully saturated rings. The number of nitrogens with two attached hydrogens (primary N) is 1. The predicted octanol–water partition coefficient (Wildman–Crippen LogP) is 1.83. The predicted molar refractivity (Wildman–Crippen MR) is 108 cm³/mol. The van der Waals surface area contributed by atoms with Crippen LogP contribution < -0.4 is 15.8 Å². The van der Waals surface area contributed by atoms with Gasteiger partial charge in [0.1, 0.15) is 5.75 Å². The van der Waals surface area contributed by atoms with Crippen molar-refractivity contribution < 1.29 is 22.7 Å². The monoisotopic (exact) mass is 417 g/mol. The summed E-state index contributed by atoms with van der Waals surface area (Å²) >= 11 is 0. The fourth-order valence-corrected chi connectivity index (χ4v) is 4.79. The molecule has 0 saturated carbocycles. The van der Waals surface area contributed by atoms with Crippen LogP contribution in [0.3, 0.4) is 0 Å². The molecule has 1 heterocycles. The van der Waals surface area contributed by atoms with E-state index < -0.39 is 21.8 Å². The van der Waals surface area contributed by atoms with E-state index in [1.165, 1.54) is 29.6 Å². The molecule has 3 N–H and O–H groups in total. The molecule has 0 aromatic heterocycles. The molecule has 1 aliphatic rings. The van der Waals surface area contributed by atoms with E-state index in [-0.39, 0.29) is 22.9 Å². The lowest BCUT2D eigenvalue weighted by molar-refractivity contribution is -0.120. The second-order valence-electron chi connectivity index (χ2n) is 6.81. The molecule has 29 heavy (non-hydrogen) atoms. The van der Waals surface area contributed by atoms with Crippen LogP contribution in [-0.4, -0.2) is 44.7 Å². The first kappa shape index (κ1) is 20.8. The van der Waals surface area contributed by atoms with Gasteiger partial charge in [0, 0.05) is 24.3 Å². The van der Waals surface area contributed by atoms with E-state index in [2.05, 4.69) is 5.32 Å². The summed E-state index contributed by atoms with van der Waals surface area (Å²) in [5.41, 5.74) is 6.00. The lowest BCUT2D eigenvalue weighted by Crippen LogP contribution is -2.43. The summed E-state index contributed by atoms with van der Waals surface area (Å²) in [6.45, 7) is 0.449. The summed E-state index contributed by atoms with van der Waals surface area (Å²) in [5.74, 6) is -0.802. The van der Waals surface area contributed by atoms with E-state index in [4.69, 9.17) is 10.5 Å². The van der Waals surface area contributed by atoms with Crippen LogP contribution in [0.2, 0.25) is 0 Å². The number of nitrogens with one attached hydrogen (secondary N) is 1. The van der Waals surface area contributed by atoms with Crippen molar-refractivity contribution in [1.82, 2.24) is 4.31 Å². The Bertz CT molecular complexity index is 1010. The quantitative estimate of drug-likeness (QED) is 0.743. The Hall–Kier alpha value is -2.91. The average Bonchev–Trinajstić information content (AvgIpc) is 2.74. The first-order valence-electron chi connectivity index (χ1n) is 9.16. The normalized spacial score (nSPS) is 17.5. The lowest BCUT2D eigenvalue weighted by Gasteiger charge is -2.31. The summed E-state index contributed by atoms with van der Waals surface area (Å²) in [4.78, 5) is 24.1. The number of hydrogen-bond donors (Lipinski definition) is 2. The van der Waals surface area contributed by atoms with Crippen LogP contribution in [0.15, 0.2) is 53.4 Å². The number of sulfonamides is 1. The standard InChI is InChI=1S/C20H23N3O5S/c1-28-17-7-9-18(10-8-17)29(26,27)23-11-3-5-15(13-23)20(25)22-16-6-2-4-14(12-16)19(21)24/h2,4,6-10,12,15H,3,5,11,13H2,1H3,(H2,21,24)(H,22,25)/t15-/m0/s1. The van der Waals surface area contributed by atoms with Crippen molar-refractivity contribution in [1.29, 1.82) is 0 Å². The summed E-state index contributed by atoms with van der Waals surface area (Å²) in [6, 6.07) is 12.5. The number of piperidine rings is 1. The second kappa shape index (κ2) is 8.62. The molecular formula is C20H23N3O5S. The van der Waals surface area contributed by atoms with Gasteiger partial charge in [0.2, 0.25) is 21.8 Å². The van der Waals surface area contributed by atoms with Gasteiger partial charge in [-0.3, -0.25) is 9.59 Å². The topological polar surface area (TPSA) is 119 Å². The number of nitrogens with zero attached hydrogens (tertiary/aromatic N) is 1. The van der Waals surface area contributed by atoms with Gasteiger partial charge in [-0.15, -0.1) is 0 Å². The van der Waals surface area contributed by atoms with Gasteiger partial charge < -0.3 is 15.8 Å². The minimum Gasteiger partial charge on any atom is -0.497 e. The zero-order chi connectivity index (χ0) is 21.0. The highest BCUT2D eigenvalue weighted by Crippen LogP contribution is 2.26. The van der Waals surface area contributed by atoms with E-state index in [1.54, 1.807) is 30.3 Å². The van der Waals surface area contributed by atoms with Gasteiger partial charge in [-0.2, -0.15) is 4.31 Å². The molecular weight excluding hydrogens is 394 g/mol. The van der Waals surface area contributed by atoms with Crippen molar-refractivity contribution in [2.24, 2.45) is 11.7 Å². The SMILES string of the molecule is COc1ccc(S(=O)(=O)N2CCC[C@H](C(=O)Nc3cccc(C(N)=O)c3)C2)cc1. The molecule has 2 aromatic carbocycles. The molecule has 0 bridgehead atoms. The number of anilines is 1. The second-order valence-corrected chi connectivity index (χ2v) is 8.75. The highest BCUT2D eigenvalue weighted by atomic mass is 32.2. The Morgan fingerprint density at radius 3 is 2.55 bits per heavy atom. The molecule has 1 aliphatic heterocycles. The Morgan fingerprint density at radius 1 is 1.17 bits per heavy atom. The third kappa shape index (κ3) is 4.75. The average molecular weight is 417 g/mol. The fourth-order valence-electron chi connectivity index (χ4n) is 3.27.